The maximum absolute atomic E-state index is 10.1. The number of hydrogen-bond donors (Lipinski definition) is 1. The molecule has 0 bridgehead atoms. The molecule has 2 heteroatoms. The molecule has 1 heterocycles. The molecule has 1 saturated carbocycles. The lowest BCUT2D eigenvalue weighted by Gasteiger charge is -2.20. The van der Waals surface area contributed by atoms with Crippen LogP contribution in [0, 0.1) is 0 Å². The van der Waals surface area contributed by atoms with Crippen LogP contribution in [-0.4, -0.2) is 22.9 Å². The summed E-state index contributed by atoms with van der Waals surface area (Å²) in [5, 5.41) is 10.1. The zero-order valence-corrected chi connectivity index (χ0v) is 9.61. The van der Waals surface area contributed by atoms with Gasteiger partial charge >= 0.3 is 0 Å². The van der Waals surface area contributed by atoms with Gasteiger partial charge in [-0.05, 0) is 19.3 Å². The van der Waals surface area contributed by atoms with Gasteiger partial charge in [0.2, 0.25) is 0 Å². The number of hydrogen-bond acceptors (Lipinski definition) is 2. The first kappa shape index (κ1) is 11.2. The van der Waals surface area contributed by atoms with Crippen molar-refractivity contribution in [3.05, 3.63) is 12.2 Å². The molecule has 1 saturated heterocycles. The molecule has 2 fully saturated rings. The lowest BCUT2D eigenvalue weighted by Crippen LogP contribution is -2.32. The van der Waals surface area contributed by atoms with Crippen molar-refractivity contribution in [2.75, 3.05) is 0 Å². The van der Waals surface area contributed by atoms with Crippen LogP contribution >= 0.6 is 0 Å². The minimum absolute atomic E-state index is 0.180. The second-order valence-electron chi connectivity index (χ2n) is 4.82. The molecular weight excluding hydrogens is 188 g/mol. The number of fused-ring (bicyclic) bond motifs is 1. The molecule has 2 aliphatic rings. The van der Waals surface area contributed by atoms with E-state index in [1.165, 1.54) is 25.7 Å². The molecule has 1 aliphatic heterocycles. The molecule has 0 aromatic heterocycles. The van der Waals surface area contributed by atoms with E-state index in [0.717, 1.165) is 19.3 Å². The van der Waals surface area contributed by atoms with Crippen LogP contribution in [0.4, 0.5) is 0 Å². The van der Waals surface area contributed by atoms with Crippen molar-refractivity contribution in [1.29, 1.82) is 0 Å². The van der Waals surface area contributed by atoms with Crippen molar-refractivity contribution in [2.45, 2.75) is 69.7 Å². The highest BCUT2D eigenvalue weighted by atomic mass is 16.6. The normalized spacial score (nSPS) is 36.5. The summed E-state index contributed by atoms with van der Waals surface area (Å²) in [5.74, 6) is 0. The van der Waals surface area contributed by atoms with E-state index in [9.17, 15) is 5.11 Å². The van der Waals surface area contributed by atoms with Gasteiger partial charge < -0.3 is 9.84 Å². The molecule has 0 radical (unpaired) electrons. The fourth-order valence-electron chi connectivity index (χ4n) is 2.60. The van der Waals surface area contributed by atoms with Crippen molar-refractivity contribution in [1.82, 2.24) is 0 Å². The Morgan fingerprint density at radius 3 is 3.13 bits per heavy atom. The molecule has 2 unspecified atom stereocenters. The first-order valence-corrected chi connectivity index (χ1v) is 6.32. The third-order valence-electron chi connectivity index (χ3n) is 3.68. The van der Waals surface area contributed by atoms with Crippen molar-refractivity contribution >= 4 is 0 Å². The maximum Gasteiger partial charge on any atom is 0.124 e. The van der Waals surface area contributed by atoms with E-state index in [1.54, 1.807) is 0 Å². The molecule has 1 aliphatic carbocycles. The van der Waals surface area contributed by atoms with Crippen LogP contribution in [0.5, 0.6) is 0 Å². The highest BCUT2D eigenvalue weighted by molar-refractivity contribution is 5.15. The Morgan fingerprint density at radius 2 is 2.40 bits per heavy atom. The van der Waals surface area contributed by atoms with Gasteiger partial charge in [0.25, 0.3) is 0 Å². The summed E-state index contributed by atoms with van der Waals surface area (Å²) in [7, 11) is 0. The Bertz CT molecular complexity index is 237. The fraction of sp³-hybridized carbons (Fsp3) is 0.846. The number of allylic oxidation sites excluding steroid dienone is 1. The van der Waals surface area contributed by atoms with Gasteiger partial charge in [-0.1, -0.05) is 44.8 Å². The van der Waals surface area contributed by atoms with Gasteiger partial charge in [0.15, 0.2) is 0 Å². The monoisotopic (exact) mass is 210 g/mol. The minimum Gasteiger partial charge on any atom is -0.386 e. The molecule has 3 atom stereocenters. The predicted octanol–water partition coefficient (Wildman–Crippen LogP) is 2.81. The highest BCUT2D eigenvalue weighted by Crippen LogP contribution is 2.50. The number of aliphatic hydroxyl groups excluding tert-OH is 1. The largest absolute Gasteiger partial charge is 0.386 e. The van der Waals surface area contributed by atoms with Crippen LogP contribution in [0.25, 0.3) is 0 Å². The van der Waals surface area contributed by atoms with E-state index < -0.39 is 0 Å². The van der Waals surface area contributed by atoms with Crippen LogP contribution in [-0.2, 0) is 4.74 Å². The Morgan fingerprint density at radius 1 is 1.53 bits per heavy atom. The van der Waals surface area contributed by atoms with Crippen LogP contribution in [0.15, 0.2) is 12.2 Å². The second kappa shape index (κ2) is 4.67. The number of epoxide rings is 1. The van der Waals surface area contributed by atoms with Gasteiger partial charge in [-0.3, -0.25) is 0 Å². The van der Waals surface area contributed by atoms with E-state index in [2.05, 4.69) is 13.0 Å². The lowest BCUT2D eigenvalue weighted by molar-refractivity contribution is 0.104. The molecule has 0 amide bonds. The molecule has 0 spiro atoms. The van der Waals surface area contributed by atoms with Gasteiger partial charge in [0.05, 0.1) is 6.10 Å². The summed E-state index contributed by atoms with van der Waals surface area (Å²) >= 11 is 0. The maximum atomic E-state index is 10.1. The summed E-state index contributed by atoms with van der Waals surface area (Å²) in [6.45, 7) is 2.18. The Balaban J connectivity index is 1.80. The number of unbranched alkanes of at least 4 members (excludes halogenated alkanes) is 2. The van der Waals surface area contributed by atoms with Crippen LogP contribution in [0.1, 0.15) is 51.9 Å². The van der Waals surface area contributed by atoms with Crippen LogP contribution in [0.2, 0.25) is 0 Å². The summed E-state index contributed by atoms with van der Waals surface area (Å²) in [6.07, 6.45) is 12.2. The summed E-state index contributed by atoms with van der Waals surface area (Å²) in [6, 6.07) is 0. The molecular formula is C13H22O2. The third-order valence-corrected chi connectivity index (χ3v) is 3.68. The summed E-state index contributed by atoms with van der Waals surface area (Å²) in [4.78, 5) is 0. The highest BCUT2D eigenvalue weighted by Gasteiger charge is 2.60. The van der Waals surface area contributed by atoms with E-state index in [4.69, 9.17) is 4.74 Å². The Labute approximate surface area is 92.3 Å². The second-order valence-corrected chi connectivity index (χ2v) is 4.82. The van der Waals surface area contributed by atoms with E-state index in [-0.39, 0.29) is 11.7 Å². The van der Waals surface area contributed by atoms with Gasteiger partial charge in [-0.25, -0.2) is 0 Å². The quantitative estimate of drug-likeness (QED) is 0.430. The first-order chi connectivity index (χ1) is 7.29. The smallest absolute Gasteiger partial charge is 0.124 e. The zero-order chi connectivity index (χ0) is 10.7. The molecule has 0 aromatic rings. The number of aliphatic hydroxyl groups is 1. The van der Waals surface area contributed by atoms with Crippen molar-refractivity contribution in [3.8, 4) is 0 Å². The van der Waals surface area contributed by atoms with E-state index >= 15 is 0 Å². The van der Waals surface area contributed by atoms with E-state index in [0.29, 0.717) is 6.10 Å². The van der Waals surface area contributed by atoms with Gasteiger partial charge in [0, 0.05) is 0 Å². The predicted molar refractivity (Wildman–Crippen MR) is 60.7 cm³/mol. The van der Waals surface area contributed by atoms with Crippen LogP contribution in [0.3, 0.4) is 0 Å². The third kappa shape index (κ3) is 2.26. The molecule has 2 rings (SSSR count). The van der Waals surface area contributed by atoms with Crippen LogP contribution < -0.4 is 0 Å². The lowest BCUT2D eigenvalue weighted by atomic mass is 9.85. The Kier molecular flexibility index (Phi) is 3.47. The van der Waals surface area contributed by atoms with E-state index in [1.807, 2.05) is 6.08 Å². The zero-order valence-electron chi connectivity index (χ0n) is 9.61. The fourth-order valence-corrected chi connectivity index (χ4v) is 2.60. The molecule has 1 N–H and O–H groups in total. The SMILES string of the molecule is CCCC/C=C/[C@H](O)C12CCCCC1O2. The van der Waals surface area contributed by atoms with Crippen molar-refractivity contribution in [2.24, 2.45) is 0 Å². The average Bonchev–Trinajstić information content (AvgIpc) is 2.99. The minimum atomic E-state index is -0.375. The molecule has 15 heavy (non-hydrogen) atoms. The average molecular weight is 210 g/mol. The van der Waals surface area contributed by atoms with Crippen molar-refractivity contribution < 1.29 is 9.84 Å². The Hall–Kier alpha value is -0.340. The molecule has 2 nitrogen and oxygen atoms in total. The van der Waals surface area contributed by atoms with Gasteiger partial charge in [0.1, 0.15) is 11.7 Å². The topological polar surface area (TPSA) is 32.8 Å². The summed E-state index contributed by atoms with van der Waals surface area (Å²) < 4.78 is 5.68. The van der Waals surface area contributed by atoms with Crippen molar-refractivity contribution in [3.63, 3.8) is 0 Å². The van der Waals surface area contributed by atoms with Gasteiger partial charge in [-0.15, -0.1) is 0 Å². The molecule has 0 aromatic carbocycles. The summed E-state index contributed by atoms with van der Waals surface area (Å²) in [5.41, 5.74) is -0.180. The van der Waals surface area contributed by atoms with Gasteiger partial charge in [-0.2, -0.15) is 0 Å². The standard InChI is InChI=1S/C13H22O2/c1-2-3-4-5-8-11(14)13-10-7-6-9-12(13)15-13/h5,8,11-12,14H,2-4,6-7,9-10H2,1H3/b8-5+/t11-,12?,13?/m0/s1. The molecule has 86 valence electrons. The number of rotatable bonds is 5. The number of ether oxygens (including phenoxy) is 1. The first-order valence-electron chi connectivity index (χ1n) is 6.32.